The van der Waals surface area contributed by atoms with Gasteiger partial charge in [-0.2, -0.15) is 0 Å². The molecule has 0 aliphatic carbocycles. The van der Waals surface area contributed by atoms with Gasteiger partial charge < -0.3 is 5.11 Å². The van der Waals surface area contributed by atoms with E-state index in [2.05, 4.69) is 39.8 Å². The Morgan fingerprint density at radius 1 is 1.13 bits per heavy atom. The van der Waals surface area contributed by atoms with E-state index in [4.69, 9.17) is 0 Å². The highest BCUT2D eigenvalue weighted by molar-refractivity contribution is 5.19. The topological polar surface area (TPSA) is 20.2 Å². The maximum atomic E-state index is 10.1. The van der Waals surface area contributed by atoms with Crippen molar-refractivity contribution in [3.8, 4) is 0 Å². The van der Waals surface area contributed by atoms with Gasteiger partial charge in [0.25, 0.3) is 0 Å². The third-order valence-electron chi connectivity index (χ3n) is 2.72. The Kier molecular flexibility index (Phi) is 3.92. The lowest BCUT2D eigenvalue weighted by atomic mass is 9.83. The lowest BCUT2D eigenvalue weighted by molar-refractivity contribution is 0.100. The summed E-state index contributed by atoms with van der Waals surface area (Å²) in [6.45, 7) is 8.57. The van der Waals surface area contributed by atoms with Crippen molar-refractivity contribution in [1.29, 1.82) is 0 Å². The van der Waals surface area contributed by atoms with Crippen LogP contribution in [0.1, 0.15) is 45.6 Å². The summed E-state index contributed by atoms with van der Waals surface area (Å²) in [5, 5.41) is 10.1. The zero-order valence-electron chi connectivity index (χ0n) is 10.2. The molecule has 1 heteroatoms. The van der Waals surface area contributed by atoms with Crippen LogP contribution in [0.25, 0.3) is 0 Å². The fraction of sp³-hybridized carbons (Fsp3) is 0.571. The molecule has 0 amide bonds. The van der Waals surface area contributed by atoms with Crippen LogP contribution >= 0.6 is 0 Å². The number of aliphatic hydroxyl groups excluding tert-OH is 1. The molecule has 15 heavy (non-hydrogen) atoms. The van der Waals surface area contributed by atoms with Gasteiger partial charge in [0, 0.05) is 5.92 Å². The summed E-state index contributed by atoms with van der Waals surface area (Å²) < 4.78 is 0. The van der Waals surface area contributed by atoms with E-state index in [0.717, 1.165) is 6.42 Å². The summed E-state index contributed by atoms with van der Waals surface area (Å²) in [5.74, 6) is 0.213. The summed E-state index contributed by atoms with van der Waals surface area (Å²) in [4.78, 5) is 0. The zero-order chi connectivity index (χ0) is 11.5. The number of rotatable bonds is 3. The number of aliphatic hydroxyl groups is 1. The Morgan fingerprint density at radius 3 is 2.13 bits per heavy atom. The Balaban J connectivity index is 2.65. The summed E-state index contributed by atoms with van der Waals surface area (Å²) >= 11 is 0. The molecule has 1 nitrogen and oxygen atoms in total. The summed E-state index contributed by atoms with van der Waals surface area (Å²) in [7, 11) is 0. The van der Waals surface area contributed by atoms with Gasteiger partial charge in [-0.25, -0.2) is 0 Å². The van der Waals surface area contributed by atoms with Gasteiger partial charge in [0.15, 0.2) is 0 Å². The molecular formula is C14H22O. The third kappa shape index (κ3) is 4.05. The molecule has 0 heterocycles. The second kappa shape index (κ2) is 4.80. The average molecular weight is 206 g/mol. The Labute approximate surface area is 93.1 Å². The van der Waals surface area contributed by atoms with Crippen molar-refractivity contribution >= 4 is 0 Å². The molecule has 0 saturated carbocycles. The number of benzene rings is 1. The molecule has 0 bridgehead atoms. The van der Waals surface area contributed by atoms with Gasteiger partial charge >= 0.3 is 0 Å². The van der Waals surface area contributed by atoms with Crippen molar-refractivity contribution in [2.75, 3.05) is 0 Å². The van der Waals surface area contributed by atoms with Gasteiger partial charge in [-0.1, -0.05) is 58.0 Å². The number of hydrogen-bond donors (Lipinski definition) is 1. The predicted octanol–water partition coefficient (Wildman–Crippen LogP) is 3.59. The van der Waals surface area contributed by atoms with Gasteiger partial charge in [-0.05, 0) is 17.4 Å². The van der Waals surface area contributed by atoms with Crippen molar-refractivity contribution in [2.24, 2.45) is 5.41 Å². The molecule has 0 unspecified atom stereocenters. The lowest BCUT2D eigenvalue weighted by Gasteiger charge is -2.26. The quantitative estimate of drug-likeness (QED) is 0.801. The van der Waals surface area contributed by atoms with Crippen LogP contribution < -0.4 is 0 Å². The summed E-state index contributed by atoms with van der Waals surface area (Å²) in [6, 6.07) is 10.2. The first-order valence-corrected chi connectivity index (χ1v) is 5.63. The standard InChI is InChI=1S/C14H22O/c1-11(12-8-6-5-7-9-12)13(15)10-14(2,3)4/h5-9,11,13,15H,10H2,1-4H3/t11-,13-/m0/s1. The van der Waals surface area contributed by atoms with E-state index < -0.39 is 0 Å². The van der Waals surface area contributed by atoms with E-state index in [1.54, 1.807) is 0 Å². The van der Waals surface area contributed by atoms with Gasteiger partial charge in [-0.3, -0.25) is 0 Å². The van der Waals surface area contributed by atoms with E-state index in [0.29, 0.717) is 0 Å². The largest absolute Gasteiger partial charge is 0.392 e. The predicted molar refractivity (Wildman–Crippen MR) is 64.9 cm³/mol. The second-order valence-corrected chi connectivity index (χ2v) is 5.53. The molecule has 0 aliphatic rings. The lowest BCUT2D eigenvalue weighted by Crippen LogP contribution is -2.22. The highest BCUT2D eigenvalue weighted by atomic mass is 16.3. The second-order valence-electron chi connectivity index (χ2n) is 5.53. The van der Waals surface area contributed by atoms with Crippen LogP contribution in [-0.4, -0.2) is 11.2 Å². The van der Waals surface area contributed by atoms with E-state index in [1.165, 1.54) is 5.56 Å². The van der Waals surface area contributed by atoms with Gasteiger partial charge in [0.05, 0.1) is 6.10 Å². The minimum absolute atomic E-state index is 0.183. The molecule has 0 spiro atoms. The highest BCUT2D eigenvalue weighted by Crippen LogP contribution is 2.28. The Morgan fingerprint density at radius 2 is 1.67 bits per heavy atom. The van der Waals surface area contributed by atoms with Crippen LogP contribution in [-0.2, 0) is 0 Å². The van der Waals surface area contributed by atoms with Crippen molar-refractivity contribution in [1.82, 2.24) is 0 Å². The average Bonchev–Trinajstić information content (AvgIpc) is 2.15. The normalized spacial score (nSPS) is 16.1. The fourth-order valence-corrected chi connectivity index (χ4v) is 1.78. The SMILES string of the molecule is C[C@@H](c1ccccc1)[C@@H](O)CC(C)(C)C. The minimum Gasteiger partial charge on any atom is -0.392 e. The maximum absolute atomic E-state index is 10.1. The molecular weight excluding hydrogens is 184 g/mol. The molecule has 2 atom stereocenters. The smallest absolute Gasteiger partial charge is 0.0611 e. The van der Waals surface area contributed by atoms with Crippen molar-refractivity contribution in [2.45, 2.75) is 46.1 Å². The molecule has 84 valence electrons. The highest BCUT2D eigenvalue weighted by Gasteiger charge is 2.22. The van der Waals surface area contributed by atoms with E-state index >= 15 is 0 Å². The van der Waals surface area contributed by atoms with Crippen molar-refractivity contribution in [3.05, 3.63) is 35.9 Å². The van der Waals surface area contributed by atoms with E-state index in [-0.39, 0.29) is 17.4 Å². The summed E-state index contributed by atoms with van der Waals surface area (Å²) in [6.07, 6.45) is 0.579. The molecule has 0 aliphatic heterocycles. The molecule has 0 saturated heterocycles. The molecule has 1 aromatic carbocycles. The fourth-order valence-electron chi connectivity index (χ4n) is 1.78. The van der Waals surface area contributed by atoms with Crippen LogP contribution in [0.15, 0.2) is 30.3 Å². The first-order valence-electron chi connectivity index (χ1n) is 5.63. The Hall–Kier alpha value is -0.820. The number of hydrogen-bond acceptors (Lipinski definition) is 1. The van der Waals surface area contributed by atoms with Gasteiger partial charge in [-0.15, -0.1) is 0 Å². The van der Waals surface area contributed by atoms with Crippen LogP contribution in [0.2, 0.25) is 0 Å². The van der Waals surface area contributed by atoms with Crippen LogP contribution in [0.5, 0.6) is 0 Å². The van der Waals surface area contributed by atoms with Gasteiger partial charge in [0.1, 0.15) is 0 Å². The third-order valence-corrected chi connectivity index (χ3v) is 2.72. The zero-order valence-corrected chi connectivity index (χ0v) is 10.2. The Bertz CT molecular complexity index is 284. The van der Waals surface area contributed by atoms with Crippen LogP contribution in [0, 0.1) is 5.41 Å². The molecule has 1 rings (SSSR count). The monoisotopic (exact) mass is 206 g/mol. The van der Waals surface area contributed by atoms with Crippen LogP contribution in [0.4, 0.5) is 0 Å². The molecule has 1 aromatic rings. The van der Waals surface area contributed by atoms with Crippen molar-refractivity contribution < 1.29 is 5.11 Å². The first-order chi connectivity index (χ1) is 6.90. The van der Waals surface area contributed by atoms with Crippen molar-refractivity contribution in [3.63, 3.8) is 0 Å². The first kappa shape index (κ1) is 12.3. The van der Waals surface area contributed by atoms with E-state index in [9.17, 15) is 5.11 Å². The van der Waals surface area contributed by atoms with Gasteiger partial charge in [0.2, 0.25) is 0 Å². The molecule has 0 aromatic heterocycles. The van der Waals surface area contributed by atoms with Crippen LogP contribution in [0.3, 0.4) is 0 Å². The summed E-state index contributed by atoms with van der Waals surface area (Å²) in [5.41, 5.74) is 1.40. The molecule has 1 N–H and O–H groups in total. The molecule has 0 fully saturated rings. The maximum Gasteiger partial charge on any atom is 0.0611 e. The minimum atomic E-state index is -0.257. The van der Waals surface area contributed by atoms with E-state index in [1.807, 2.05) is 18.2 Å². The molecule has 0 radical (unpaired) electrons.